The van der Waals surface area contributed by atoms with E-state index in [0.717, 1.165) is 39.3 Å². The van der Waals surface area contributed by atoms with Crippen LogP contribution in [0.15, 0.2) is 66.7 Å². The Morgan fingerprint density at radius 3 is 1.74 bits per heavy atom. The van der Waals surface area contributed by atoms with Crippen LogP contribution in [0.2, 0.25) is 0 Å². The summed E-state index contributed by atoms with van der Waals surface area (Å²) in [5, 5.41) is 22.3. The molecular formula is C27H19N3O8. The quantitative estimate of drug-likeness (QED) is 0.210. The molecule has 190 valence electrons. The van der Waals surface area contributed by atoms with E-state index < -0.39 is 44.6 Å². The van der Waals surface area contributed by atoms with Gasteiger partial charge in [0.15, 0.2) is 0 Å². The fourth-order valence-electron chi connectivity index (χ4n) is 6.22. The van der Waals surface area contributed by atoms with Crippen molar-refractivity contribution in [2.24, 2.45) is 11.8 Å². The zero-order valence-electron chi connectivity index (χ0n) is 19.7. The lowest BCUT2D eigenvalue weighted by Gasteiger charge is -2.45. The number of benzene rings is 3. The molecule has 11 heteroatoms. The van der Waals surface area contributed by atoms with Crippen molar-refractivity contribution < 1.29 is 29.0 Å². The number of amides is 2. The van der Waals surface area contributed by atoms with Gasteiger partial charge in [0, 0.05) is 17.9 Å². The molecule has 0 N–H and O–H groups in total. The average molecular weight is 513 g/mol. The van der Waals surface area contributed by atoms with Crippen molar-refractivity contribution in [1.82, 2.24) is 4.90 Å². The van der Waals surface area contributed by atoms with Crippen molar-refractivity contribution in [2.75, 3.05) is 13.2 Å². The number of rotatable bonds is 6. The van der Waals surface area contributed by atoms with E-state index in [1.54, 1.807) is 0 Å². The third-order valence-electron chi connectivity index (χ3n) is 7.70. The number of esters is 1. The zero-order chi connectivity index (χ0) is 26.7. The molecule has 2 amide bonds. The molecule has 0 aromatic heterocycles. The lowest BCUT2D eigenvalue weighted by Crippen LogP contribution is -2.41. The highest BCUT2D eigenvalue weighted by molar-refractivity contribution is 6.07. The van der Waals surface area contributed by atoms with Crippen molar-refractivity contribution in [3.63, 3.8) is 0 Å². The van der Waals surface area contributed by atoms with Crippen LogP contribution in [0.4, 0.5) is 11.4 Å². The minimum atomic E-state index is -1.08. The van der Waals surface area contributed by atoms with Crippen LogP contribution in [0, 0.1) is 32.1 Å². The van der Waals surface area contributed by atoms with E-state index in [9.17, 15) is 34.6 Å². The zero-order valence-corrected chi connectivity index (χ0v) is 19.7. The predicted octanol–water partition coefficient (Wildman–Crippen LogP) is 3.55. The first-order valence-corrected chi connectivity index (χ1v) is 11.9. The predicted molar refractivity (Wildman–Crippen MR) is 130 cm³/mol. The van der Waals surface area contributed by atoms with Gasteiger partial charge in [-0.3, -0.25) is 34.7 Å². The maximum atomic E-state index is 13.6. The minimum Gasteiger partial charge on any atom is -0.460 e. The number of non-ortho nitro benzene ring substituents is 1. The largest absolute Gasteiger partial charge is 0.460 e. The Labute approximate surface area is 214 Å². The SMILES string of the molecule is O=C(OCCN1C(=O)C2C3c4ccccc4C(c4ccccc43)C2C1=O)c1ccc([N+](=O)[O-])cc1[N+](=O)[O-]. The van der Waals surface area contributed by atoms with Crippen LogP contribution in [-0.2, 0) is 14.3 Å². The molecule has 1 fully saturated rings. The van der Waals surface area contributed by atoms with Crippen LogP contribution in [0.25, 0.3) is 0 Å². The minimum absolute atomic E-state index is 0.205. The highest BCUT2D eigenvalue weighted by Crippen LogP contribution is 2.60. The molecule has 3 aromatic rings. The van der Waals surface area contributed by atoms with Gasteiger partial charge in [0.1, 0.15) is 12.2 Å². The first-order valence-electron chi connectivity index (χ1n) is 11.9. The number of hydrogen-bond acceptors (Lipinski definition) is 8. The molecule has 1 saturated heterocycles. The molecule has 4 aliphatic rings. The smallest absolute Gasteiger partial charge is 0.345 e. The molecule has 2 bridgehead atoms. The lowest BCUT2D eigenvalue weighted by atomic mass is 9.55. The van der Waals surface area contributed by atoms with E-state index in [-0.39, 0.29) is 36.8 Å². The summed E-state index contributed by atoms with van der Waals surface area (Å²) in [6.07, 6.45) is 0. The van der Waals surface area contributed by atoms with Crippen LogP contribution in [-0.4, -0.2) is 45.7 Å². The molecule has 0 spiro atoms. The maximum Gasteiger partial charge on any atom is 0.345 e. The topological polar surface area (TPSA) is 150 Å². The molecule has 2 unspecified atom stereocenters. The third-order valence-corrected chi connectivity index (χ3v) is 7.70. The molecule has 2 atom stereocenters. The van der Waals surface area contributed by atoms with Gasteiger partial charge in [-0.2, -0.15) is 0 Å². The van der Waals surface area contributed by atoms with Crippen LogP contribution in [0.5, 0.6) is 0 Å². The summed E-state index contributed by atoms with van der Waals surface area (Å²) in [7, 11) is 0. The molecule has 0 saturated carbocycles. The molecule has 1 aliphatic heterocycles. The van der Waals surface area contributed by atoms with Crippen molar-refractivity contribution in [3.05, 3.63) is 115 Å². The lowest BCUT2D eigenvalue weighted by molar-refractivity contribution is -0.394. The molecular weight excluding hydrogens is 494 g/mol. The Morgan fingerprint density at radius 2 is 1.29 bits per heavy atom. The van der Waals surface area contributed by atoms with E-state index >= 15 is 0 Å². The summed E-state index contributed by atoms with van der Waals surface area (Å²) >= 11 is 0. The molecule has 11 nitrogen and oxygen atoms in total. The third kappa shape index (κ3) is 3.31. The van der Waals surface area contributed by atoms with Gasteiger partial charge in [0.2, 0.25) is 11.8 Å². The monoisotopic (exact) mass is 513 g/mol. The van der Waals surface area contributed by atoms with Gasteiger partial charge < -0.3 is 4.74 Å². The number of carbonyl (C=O) groups excluding carboxylic acids is 3. The molecule has 3 aliphatic carbocycles. The van der Waals surface area contributed by atoms with E-state index in [1.807, 2.05) is 48.5 Å². The van der Waals surface area contributed by atoms with Gasteiger partial charge in [-0.05, 0) is 28.3 Å². The number of nitrogens with zero attached hydrogens (tertiary/aromatic N) is 3. The number of carbonyl (C=O) groups is 3. The maximum absolute atomic E-state index is 13.6. The van der Waals surface area contributed by atoms with E-state index in [4.69, 9.17) is 4.74 Å². The molecule has 1 heterocycles. The molecule has 0 radical (unpaired) electrons. The van der Waals surface area contributed by atoms with E-state index in [1.165, 1.54) is 0 Å². The standard InChI is InChI=1S/C27H19N3O8/c31-25-23-21-15-5-1-2-6-16(15)22(18-8-4-3-7-17(18)21)24(23)26(32)28(25)11-12-38-27(33)19-10-9-14(29(34)35)13-20(19)30(36)37/h1-10,13,21-24H,11-12H2. The van der Waals surface area contributed by atoms with Crippen LogP contribution in [0.3, 0.4) is 0 Å². The second-order valence-corrected chi connectivity index (χ2v) is 9.44. The van der Waals surface area contributed by atoms with Crippen LogP contribution >= 0.6 is 0 Å². The summed E-state index contributed by atoms with van der Waals surface area (Å²) in [5.41, 5.74) is 2.39. The van der Waals surface area contributed by atoms with Gasteiger partial charge in [0.05, 0.1) is 34.3 Å². The second kappa shape index (κ2) is 8.58. The van der Waals surface area contributed by atoms with Crippen molar-refractivity contribution >= 4 is 29.2 Å². The summed E-state index contributed by atoms with van der Waals surface area (Å²) in [4.78, 5) is 61.4. The van der Waals surface area contributed by atoms with Gasteiger partial charge >= 0.3 is 5.97 Å². The van der Waals surface area contributed by atoms with E-state index in [2.05, 4.69) is 0 Å². The number of imide groups is 1. The van der Waals surface area contributed by atoms with E-state index in [0.29, 0.717) is 6.07 Å². The summed E-state index contributed by atoms with van der Waals surface area (Å²) in [6.45, 7) is -0.581. The number of nitro groups is 2. The van der Waals surface area contributed by atoms with Gasteiger partial charge in [0.25, 0.3) is 11.4 Å². The fourth-order valence-corrected chi connectivity index (χ4v) is 6.22. The highest BCUT2D eigenvalue weighted by Gasteiger charge is 2.61. The summed E-state index contributed by atoms with van der Waals surface area (Å²) in [6, 6.07) is 18.3. The Morgan fingerprint density at radius 1 is 0.789 bits per heavy atom. The highest BCUT2D eigenvalue weighted by atomic mass is 16.6. The first-order chi connectivity index (χ1) is 18.3. The van der Waals surface area contributed by atoms with Crippen LogP contribution in [0.1, 0.15) is 44.4 Å². The first kappa shape index (κ1) is 23.5. The Hall–Kier alpha value is -4.93. The average Bonchev–Trinajstić information content (AvgIpc) is 3.18. The Bertz CT molecular complexity index is 1450. The van der Waals surface area contributed by atoms with Gasteiger partial charge in [-0.15, -0.1) is 0 Å². The Balaban J connectivity index is 1.23. The fraction of sp³-hybridized carbons (Fsp3) is 0.222. The Kier molecular flexibility index (Phi) is 5.30. The summed E-state index contributed by atoms with van der Waals surface area (Å²) < 4.78 is 5.16. The summed E-state index contributed by atoms with van der Waals surface area (Å²) in [5.74, 6) is -3.41. The second-order valence-electron chi connectivity index (χ2n) is 9.44. The number of ether oxygens (including phenoxy) is 1. The van der Waals surface area contributed by atoms with Crippen molar-refractivity contribution in [3.8, 4) is 0 Å². The van der Waals surface area contributed by atoms with Gasteiger partial charge in [-0.25, -0.2) is 4.79 Å². The van der Waals surface area contributed by atoms with Crippen molar-refractivity contribution in [2.45, 2.75) is 11.8 Å². The van der Waals surface area contributed by atoms with Crippen molar-refractivity contribution in [1.29, 1.82) is 0 Å². The number of likely N-dealkylation sites (tertiary alicyclic amines) is 1. The molecule has 38 heavy (non-hydrogen) atoms. The van der Waals surface area contributed by atoms with Gasteiger partial charge in [-0.1, -0.05) is 48.5 Å². The van der Waals surface area contributed by atoms with Crippen LogP contribution < -0.4 is 0 Å². The molecule has 3 aromatic carbocycles. The number of nitro benzene ring substituents is 2. The normalized spacial score (nSPS) is 22.5. The molecule has 7 rings (SSSR count). The number of hydrogen-bond donors (Lipinski definition) is 0.